The summed E-state index contributed by atoms with van der Waals surface area (Å²) in [4.78, 5) is 2.70. The summed E-state index contributed by atoms with van der Waals surface area (Å²) in [5.74, 6) is 0. The fourth-order valence-electron chi connectivity index (χ4n) is 7.98. The first-order valence-electron chi connectivity index (χ1n) is 18.0. The summed E-state index contributed by atoms with van der Waals surface area (Å²) in [7, 11) is 0. The third-order valence-corrected chi connectivity index (χ3v) is 11.8. The van der Waals surface area contributed by atoms with Crippen molar-refractivity contribution in [3.8, 4) is 66.8 Å². The van der Waals surface area contributed by atoms with Crippen LogP contribution in [0, 0.1) is 0 Å². The van der Waals surface area contributed by atoms with Gasteiger partial charge in [-0.1, -0.05) is 208 Å². The lowest BCUT2D eigenvalue weighted by atomic mass is 9.76. The van der Waals surface area contributed by atoms with Gasteiger partial charge < -0.3 is 0 Å². The van der Waals surface area contributed by atoms with Gasteiger partial charge in [0.15, 0.2) is 0 Å². The molecule has 248 valence electrons. The molecule has 1 heteroatoms. The molecule has 0 radical (unpaired) electrons. The van der Waals surface area contributed by atoms with E-state index in [0.717, 1.165) is 0 Å². The van der Waals surface area contributed by atoms with Gasteiger partial charge >= 0.3 is 0 Å². The van der Waals surface area contributed by atoms with Crippen LogP contribution in [-0.4, -0.2) is 0 Å². The molecule has 0 saturated carbocycles. The summed E-state index contributed by atoms with van der Waals surface area (Å²) in [5, 5.41) is 0. The van der Waals surface area contributed by atoms with Crippen LogP contribution in [0.3, 0.4) is 0 Å². The highest BCUT2D eigenvalue weighted by Crippen LogP contribution is 2.53. The molecule has 0 fully saturated rings. The Morgan fingerprint density at radius 3 is 1.27 bits per heavy atom. The van der Waals surface area contributed by atoms with Crippen molar-refractivity contribution >= 4 is 11.8 Å². The minimum Gasteiger partial charge on any atom is -0.0888 e. The third kappa shape index (κ3) is 5.59. The highest BCUT2D eigenvalue weighted by atomic mass is 32.2. The van der Waals surface area contributed by atoms with Crippen LogP contribution in [0.25, 0.3) is 66.8 Å². The minimum absolute atomic E-state index is 0.0754. The number of rotatable bonds is 6. The van der Waals surface area contributed by atoms with Gasteiger partial charge in [0.2, 0.25) is 0 Å². The molecule has 1 heterocycles. The third-order valence-electron chi connectivity index (χ3n) is 10.6. The Kier molecular flexibility index (Phi) is 8.22. The van der Waals surface area contributed by atoms with Gasteiger partial charge in [0, 0.05) is 15.2 Å². The zero-order valence-corrected chi connectivity index (χ0v) is 30.2. The van der Waals surface area contributed by atoms with Crippen LogP contribution in [0.15, 0.2) is 204 Å². The van der Waals surface area contributed by atoms with Crippen molar-refractivity contribution in [2.75, 3.05) is 0 Å². The topological polar surface area (TPSA) is 0 Å². The van der Waals surface area contributed by atoms with E-state index in [0.29, 0.717) is 0 Å². The molecule has 8 aromatic rings. The van der Waals surface area contributed by atoms with Crippen LogP contribution >= 0.6 is 11.8 Å². The van der Waals surface area contributed by atoms with E-state index in [-0.39, 0.29) is 5.41 Å². The van der Waals surface area contributed by atoms with Crippen LogP contribution < -0.4 is 0 Å². The average molecular weight is 683 g/mol. The quantitative estimate of drug-likeness (QED) is 0.168. The maximum atomic E-state index is 2.42. The number of hydrogen-bond donors (Lipinski definition) is 0. The average Bonchev–Trinajstić information content (AvgIpc) is 3.21. The fraction of sp³-hybridized carbons (Fsp3) is 0.0588. The molecule has 0 nitrogen and oxygen atoms in total. The Morgan fingerprint density at radius 2 is 0.731 bits per heavy atom. The van der Waals surface area contributed by atoms with Gasteiger partial charge in [0.1, 0.15) is 0 Å². The number of benzene rings is 8. The molecule has 0 atom stereocenters. The van der Waals surface area contributed by atoms with Crippen molar-refractivity contribution in [3.05, 3.63) is 205 Å². The maximum Gasteiger partial charge on any atom is 0.0241 e. The maximum absolute atomic E-state index is 2.42. The zero-order valence-electron chi connectivity index (χ0n) is 29.4. The monoisotopic (exact) mass is 682 g/mol. The van der Waals surface area contributed by atoms with Crippen LogP contribution in [-0.2, 0) is 5.41 Å². The Labute approximate surface area is 311 Å². The van der Waals surface area contributed by atoms with Crippen LogP contribution in [0.1, 0.15) is 25.0 Å². The summed E-state index contributed by atoms with van der Waals surface area (Å²) in [6, 6.07) is 71.0. The number of fused-ring (bicyclic) bond motifs is 2. The molecule has 0 spiro atoms. The SMILES string of the molecule is CC1(C)c2ccccc2Sc2c(-c3ccc(-c4c(-c5ccccc5)c(-c5ccccc5)cc(-c5ccccc5)c4-c4ccccc4)cc3)cccc21. The molecule has 0 unspecified atom stereocenters. The van der Waals surface area contributed by atoms with E-state index in [2.05, 4.69) is 208 Å². The normalized spacial score (nSPS) is 12.9. The molecule has 0 aromatic heterocycles. The van der Waals surface area contributed by atoms with Crippen LogP contribution in [0.4, 0.5) is 0 Å². The lowest BCUT2D eigenvalue weighted by molar-refractivity contribution is 0.608. The van der Waals surface area contributed by atoms with Gasteiger partial charge in [-0.3, -0.25) is 0 Å². The molecular weight excluding hydrogens is 645 g/mol. The van der Waals surface area contributed by atoms with Gasteiger partial charge in [-0.05, 0) is 90.0 Å². The van der Waals surface area contributed by atoms with Crippen molar-refractivity contribution in [1.82, 2.24) is 0 Å². The zero-order chi connectivity index (χ0) is 35.1. The highest BCUT2D eigenvalue weighted by Gasteiger charge is 2.34. The molecule has 1 aliphatic heterocycles. The van der Waals surface area contributed by atoms with Gasteiger partial charge in [-0.15, -0.1) is 0 Å². The standard InChI is InChI=1S/C51H38S/c1-51(2)44-27-15-16-29-46(44)52-50-41(26-17-28-45(50)51)37-30-32-40(33-31-37)49-47(38-22-11-5-12-23-38)42(35-18-7-3-8-19-35)34-43(36-20-9-4-10-21-36)48(49)39-24-13-6-14-25-39/h3-34H,1-2H3. The Morgan fingerprint density at radius 1 is 0.327 bits per heavy atom. The summed E-state index contributed by atoms with van der Waals surface area (Å²) < 4.78 is 0. The Balaban J connectivity index is 1.31. The highest BCUT2D eigenvalue weighted by molar-refractivity contribution is 7.99. The van der Waals surface area contributed by atoms with E-state index in [1.165, 1.54) is 87.7 Å². The lowest BCUT2D eigenvalue weighted by Gasteiger charge is -2.35. The molecular formula is C51H38S. The van der Waals surface area contributed by atoms with E-state index in [1.54, 1.807) is 0 Å². The first-order chi connectivity index (χ1) is 25.6. The smallest absolute Gasteiger partial charge is 0.0241 e. The van der Waals surface area contributed by atoms with Crippen molar-refractivity contribution in [3.63, 3.8) is 0 Å². The van der Waals surface area contributed by atoms with Crippen LogP contribution in [0.5, 0.6) is 0 Å². The van der Waals surface area contributed by atoms with E-state index in [4.69, 9.17) is 0 Å². The van der Waals surface area contributed by atoms with E-state index in [1.807, 2.05) is 11.8 Å². The molecule has 0 N–H and O–H groups in total. The predicted molar refractivity (Wildman–Crippen MR) is 222 cm³/mol. The Hall–Kier alpha value is -5.89. The van der Waals surface area contributed by atoms with E-state index in [9.17, 15) is 0 Å². The summed E-state index contributed by atoms with van der Waals surface area (Å²) in [6.07, 6.45) is 0. The molecule has 0 bridgehead atoms. The molecule has 1 aliphatic rings. The van der Waals surface area contributed by atoms with Crippen molar-refractivity contribution in [2.24, 2.45) is 0 Å². The second-order valence-electron chi connectivity index (χ2n) is 14.0. The van der Waals surface area contributed by atoms with Crippen molar-refractivity contribution in [1.29, 1.82) is 0 Å². The van der Waals surface area contributed by atoms with Crippen molar-refractivity contribution in [2.45, 2.75) is 29.1 Å². The number of hydrogen-bond acceptors (Lipinski definition) is 1. The molecule has 0 amide bonds. The fourth-order valence-corrected chi connectivity index (χ4v) is 9.51. The first-order valence-corrected chi connectivity index (χ1v) is 18.8. The molecule has 0 saturated heterocycles. The second-order valence-corrected chi connectivity index (χ2v) is 15.1. The minimum atomic E-state index is -0.0754. The van der Waals surface area contributed by atoms with E-state index < -0.39 is 0 Å². The summed E-state index contributed by atoms with van der Waals surface area (Å²) >= 11 is 1.91. The molecule has 9 rings (SSSR count). The van der Waals surface area contributed by atoms with Gasteiger partial charge in [0.05, 0.1) is 0 Å². The lowest BCUT2D eigenvalue weighted by Crippen LogP contribution is -2.23. The summed E-state index contributed by atoms with van der Waals surface area (Å²) in [6.45, 7) is 4.72. The van der Waals surface area contributed by atoms with Crippen LogP contribution in [0.2, 0.25) is 0 Å². The molecule has 52 heavy (non-hydrogen) atoms. The van der Waals surface area contributed by atoms with E-state index >= 15 is 0 Å². The first kappa shape index (κ1) is 32.0. The van der Waals surface area contributed by atoms with Crippen molar-refractivity contribution < 1.29 is 0 Å². The largest absolute Gasteiger partial charge is 0.0888 e. The van der Waals surface area contributed by atoms with Gasteiger partial charge in [0.25, 0.3) is 0 Å². The van der Waals surface area contributed by atoms with Gasteiger partial charge in [-0.2, -0.15) is 0 Å². The Bertz CT molecular complexity index is 2410. The summed E-state index contributed by atoms with van der Waals surface area (Å²) in [5.41, 5.74) is 17.4. The molecule has 0 aliphatic carbocycles. The molecule has 8 aromatic carbocycles. The second kappa shape index (κ2) is 13.3. The van der Waals surface area contributed by atoms with Gasteiger partial charge in [-0.25, -0.2) is 0 Å². The predicted octanol–water partition coefficient (Wildman–Crippen LogP) is 14.5.